The van der Waals surface area contributed by atoms with Crippen molar-refractivity contribution in [2.75, 3.05) is 14.2 Å². The minimum atomic E-state index is -0.108. The molecule has 2 aromatic carbocycles. The molecule has 0 N–H and O–H groups in total. The smallest absolute Gasteiger partial charge is 0.308 e. The maximum Gasteiger partial charge on any atom is 0.308 e. The van der Waals surface area contributed by atoms with E-state index >= 15 is 0 Å². The van der Waals surface area contributed by atoms with Crippen LogP contribution in [0, 0.1) is 5.92 Å². The Labute approximate surface area is 189 Å². The third kappa shape index (κ3) is 3.56. The highest BCUT2D eigenvalue weighted by atomic mass is 32.1. The zero-order valence-electron chi connectivity index (χ0n) is 18.0. The summed E-state index contributed by atoms with van der Waals surface area (Å²) in [6.45, 7) is 0. The van der Waals surface area contributed by atoms with Crippen molar-refractivity contribution < 1.29 is 14.3 Å². The van der Waals surface area contributed by atoms with E-state index in [2.05, 4.69) is 0 Å². The molecule has 0 radical (unpaired) electrons. The highest BCUT2D eigenvalue weighted by molar-refractivity contribution is 7.18. The van der Waals surface area contributed by atoms with Gasteiger partial charge in [-0.25, -0.2) is 4.98 Å². The number of benzene rings is 2. The van der Waals surface area contributed by atoms with Gasteiger partial charge in [-0.2, -0.15) is 0 Å². The number of ether oxygens (including phenoxy) is 2. The van der Waals surface area contributed by atoms with Crippen LogP contribution in [-0.2, 0) is 9.53 Å². The van der Waals surface area contributed by atoms with Crippen molar-refractivity contribution in [2.45, 2.75) is 31.6 Å². The predicted octanol–water partition coefficient (Wildman–Crippen LogP) is 5.06. The second-order valence-corrected chi connectivity index (χ2v) is 9.26. The fourth-order valence-electron chi connectivity index (χ4n) is 4.61. The minimum Gasteiger partial charge on any atom is -0.494 e. The van der Waals surface area contributed by atoms with Crippen molar-refractivity contribution in [2.24, 2.45) is 5.92 Å². The SMILES string of the molecule is COc1cc2nc([C@H]3CC[C@H](C(=O)OC)CC3)sc2cc1-n1ccc2ccccc2c1=O. The van der Waals surface area contributed by atoms with Crippen LogP contribution >= 0.6 is 11.3 Å². The molecule has 1 aliphatic rings. The number of thiazole rings is 1. The van der Waals surface area contributed by atoms with E-state index in [-0.39, 0.29) is 17.4 Å². The number of rotatable bonds is 4. The van der Waals surface area contributed by atoms with Crippen LogP contribution < -0.4 is 10.3 Å². The molecule has 0 bridgehead atoms. The quantitative estimate of drug-likeness (QED) is 0.408. The molecule has 1 aliphatic carbocycles. The molecule has 0 spiro atoms. The second-order valence-electron chi connectivity index (χ2n) is 8.19. The molecule has 5 rings (SSSR count). The number of carbonyl (C=O) groups excluding carboxylic acids is 1. The maximum absolute atomic E-state index is 13.2. The van der Waals surface area contributed by atoms with E-state index in [0.29, 0.717) is 22.7 Å². The molecule has 0 amide bonds. The zero-order chi connectivity index (χ0) is 22.2. The first-order valence-corrected chi connectivity index (χ1v) is 11.6. The first-order valence-electron chi connectivity index (χ1n) is 10.8. The number of pyridine rings is 1. The Balaban J connectivity index is 1.52. The summed E-state index contributed by atoms with van der Waals surface area (Å²) in [5.74, 6) is 0.840. The summed E-state index contributed by atoms with van der Waals surface area (Å²) >= 11 is 1.66. The molecule has 0 saturated heterocycles. The Bertz CT molecular complexity index is 1370. The molecule has 2 aromatic heterocycles. The lowest BCUT2D eigenvalue weighted by atomic mass is 9.82. The predicted molar refractivity (Wildman–Crippen MR) is 126 cm³/mol. The van der Waals surface area contributed by atoms with Crippen LogP contribution in [0.2, 0.25) is 0 Å². The van der Waals surface area contributed by atoms with Gasteiger partial charge in [-0.3, -0.25) is 14.2 Å². The number of nitrogens with zero attached hydrogens (tertiary/aromatic N) is 2. The summed E-state index contributed by atoms with van der Waals surface area (Å²) in [4.78, 5) is 29.9. The lowest BCUT2D eigenvalue weighted by Gasteiger charge is -2.25. The van der Waals surface area contributed by atoms with Gasteiger partial charge in [0.05, 0.1) is 41.0 Å². The summed E-state index contributed by atoms with van der Waals surface area (Å²) in [5, 5.41) is 2.66. The number of hydrogen-bond donors (Lipinski definition) is 0. The normalized spacial score (nSPS) is 18.7. The van der Waals surface area contributed by atoms with Gasteiger partial charge in [0, 0.05) is 23.6 Å². The van der Waals surface area contributed by atoms with Gasteiger partial charge in [0.25, 0.3) is 5.56 Å². The Morgan fingerprint density at radius 3 is 2.62 bits per heavy atom. The molecule has 0 atom stereocenters. The topological polar surface area (TPSA) is 70.4 Å². The Morgan fingerprint density at radius 1 is 1.09 bits per heavy atom. The fraction of sp³-hybridized carbons (Fsp3) is 0.320. The average molecular weight is 449 g/mol. The summed E-state index contributed by atoms with van der Waals surface area (Å²) in [6, 6.07) is 13.4. The molecule has 0 unspecified atom stereocenters. The van der Waals surface area contributed by atoms with Gasteiger partial charge in [-0.1, -0.05) is 18.2 Å². The summed E-state index contributed by atoms with van der Waals surface area (Å²) < 4.78 is 13.2. The third-order valence-corrected chi connectivity index (χ3v) is 7.57. The summed E-state index contributed by atoms with van der Waals surface area (Å²) in [5.41, 5.74) is 1.50. The average Bonchev–Trinajstić information content (AvgIpc) is 3.26. The van der Waals surface area contributed by atoms with Crippen molar-refractivity contribution in [3.8, 4) is 11.4 Å². The third-order valence-electron chi connectivity index (χ3n) is 6.39. The van der Waals surface area contributed by atoms with E-state index in [9.17, 15) is 9.59 Å². The highest BCUT2D eigenvalue weighted by Crippen LogP contribution is 2.40. The molecule has 1 fully saturated rings. The van der Waals surface area contributed by atoms with E-state index in [4.69, 9.17) is 14.5 Å². The Morgan fingerprint density at radius 2 is 1.88 bits per heavy atom. The molecule has 1 saturated carbocycles. The van der Waals surface area contributed by atoms with Gasteiger partial charge >= 0.3 is 5.97 Å². The number of esters is 1. The molecule has 2 heterocycles. The molecular weight excluding hydrogens is 424 g/mol. The van der Waals surface area contributed by atoms with E-state index in [0.717, 1.165) is 46.3 Å². The number of hydrogen-bond acceptors (Lipinski definition) is 6. The minimum absolute atomic E-state index is 0.00268. The van der Waals surface area contributed by atoms with Crippen molar-refractivity contribution >= 4 is 38.3 Å². The Kier molecular flexibility index (Phi) is 5.43. The molecule has 7 heteroatoms. The van der Waals surface area contributed by atoms with Crippen molar-refractivity contribution in [1.82, 2.24) is 9.55 Å². The van der Waals surface area contributed by atoms with Gasteiger partial charge in [0.15, 0.2) is 0 Å². The number of aromatic nitrogens is 2. The van der Waals surface area contributed by atoms with Crippen LogP contribution in [0.3, 0.4) is 0 Å². The van der Waals surface area contributed by atoms with E-state index < -0.39 is 0 Å². The Hall–Kier alpha value is -3.19. The molecule has 0 aliphatic heterocycles. The zero-order valence-corrected chi connectivity index (χ0v) is 18.9. The molecule has 6 nitrogen and oxygen atoms in total. The van der Waals surface area contributed by atoms with Gasteiger partial charge in [-0.15, -0.1) is 11.3 Å². The van der Waals surface area contributed by atoms with Crippen molar-refractivity contribution in [1.29, 1.82) is 0 Å². The van der Waals surface area contributed by atoms with Crippen LogP contribution in [0.4, 0.5) is 0 Å². The fourth-order valence-corrected chi connectivity index (χ4v) is 5.76. The van der Waals surface area contributed by atoms with Crippen molar-refractivity contribution in [3.05, 3.63) is 64.0 Å². The van der Waals surface area contributed by atoms with Crippen LogP contribution in [-0.4, -0.2) is 29.7 Å². The van der Waals surface area contributed by atoms with E-state index in [1.54, 1.807) is 29.2 Å². The molecule has 164 valence electrons. The van der Waals surface area contributed by atoms with Crippen LogP contribution in [0.15, 0.2) is 53.5 Å². The lowest BCUT2D eigenvalue weighted by molar-refractivity contribution is -0.146. The highest BCUT2D eigenvalue weighted by Gasteiger charge is 2.29. The number of methoxy groups -OCH3 is 2. The van der Waals surface area contributed by atoms with Crippen molar-refractivity contribution in [3.63, 3.8) is 0 Å². The molecular formula is C25H24N2O4S. The number of fused-ring (bicyclic) bond motifs is 2. The van der Waals surface area contributed by atoms with Crippen LogP contribution in [0.1, 0.15) is 36.6 Å². The molecule has 32 heavy (non-hydrogen) atoms. The standard InChI is InChI=1S/C25H24N2O4S/c1-30-21-13-19-22(32-23(26-19)16-7-9-17(10-8-16)25(29)31-2)14-20(21)27-12-11-15-5-3-4-6-18(15)24(27)28/h3-6,11-14,16-17H,7-10H2,1-2H3/t16-,17-. The maximum atomic E-state index is 13.2. The largest absolute Gasteiger partial charge is 0.494 e. The van der Waals surface area contributed by atoms with Gasteiger partial charge < -0.3 is 9.47 Å². The summed E-state index contributed by atoms with van der Waals surface area (Å²) in [7, 11) is 3.06. The van der Waals surface area contributed by atoms with Gasteiger partial charge in [0.2, 0.25) is 0 Å². The van der Waals surface area contributed by atoms with Crippen LogP contribution in [0.5, 0.6) is 5.75 Å². The second kappa shape index (κ2) is 8.39. The van der Waals surface area contributed by atoms with Gasteiger partial charge in [-0.05, 0) is 49.3 Å². The summed E-state index contributed by atoms with van der Waals surface area (Å²) in [6.07, 6.45) is 5.30. The first kappa shape index (κ1) is 20.7. The van der Waals surface area contributed by atoms with E-state index in [1.165, 1.54) is 7.11 Å². The molecule has 4 aromatic rings. The van der Waals surface area contributed by atoms with E-state index in [1.807, 2.05) is 42.5 Å². The lowest BCUT2D eigenvalue weighted by Crippen LogP contribution is -2.22. The monoisotopic (exact) mass is 448 g/mol. The van der Waals surface area contributed by atoms with Gasteiger partial charge in [0.1, 0.15) is 5.75 Å². The first-order chi connectivity index (χ1) is 15.6. The number of carbonyl (C=O) groups is 1. The van der Waals surface area contributed by atoms with Crippen LogP contribution in [0.25, 0.3) is 26.7 Å².